The van der Waals surface area contributed by atoms with Crippen LogP contribution in [0.2, 0.25) is 0 Å². The molecule has 2 nitrogen and oxygen atoms in total. The van der Waals surface area contributed by atoms with Crippen LogP contribution in [0.4, 0.5) is 0 Å². The van der Waals surface area contributed by atoms with Crippen LogP contribution < -0.4 is 0 Å². The van der Waals surface area contributed by atoms with Crippen molar-refractivity contribution in [2.24, 2.45) is 5.92 Å². The standard InChI is InChI=1S/C13H16O2/c1-11(2)10-13(14)15-9-8-12-6-4-3-5-7-12/h3-9,11H,10H2,1-2H3. The van der Waals surface area contributed by atoms with Crippen molar-refractivity contribution in [3.8, 4) is 0 Å². The molecule has 0 spiro atoms. The zero-order valence-corrected chi connectivity index (χ0v) is 9.14. The van der Waals surface area contributed by atoms with Crippen molar-refractivity contribution >= 4 is 12.0 Å². The third-order valence-electron chi connectivity index (χ3n) is 1.83. The molecule has 0 saturated carbocycles. The molecular weight excluding hydrogens is 188 g/mol. The topological polar surface area (TPSA) is 26.3 Å². The zero-order chi connectivity index (χ0) is 11.1. The van der Waals surface area contributed by atoms with E-state index in [9.17, 15) is 4.79 Å². The molecule has 1 rings (SSSR count). The van der Waals surface area contributed by atoms with E-state index in [0.717, 1.165) is 5.56 Å². The number of carbonyl (C=O) groups is 1. The maximum Gasteiger partial charge on any atom is 0.310 e. The maximum absolute atomic E-state index is 11.2. The van der Waals surface area contributed by atoms with Gasteiger partial charge >= 0.3 is 5.97 Å². The number of rotatable bonds is 4. The van der Waals surface area contributed by atoms with Crippen LogP contribution in [0.15, 0.2) is 36.6 Å². The Bertz CT molecular complexity index is 326. The smallest absolute Gasteiger partial charge is 0.310 e. The quantitative estimate of drug-likeness (QED) is 0.556. The van der Waals surface area contributed by atoms with Crippen molar-refractivity contribution in [2.45, 2.75) is 20.3 Å². The molecule has 0 aliphatic carbocycles. The Morgan fingerprint density at radius 3 is 2.60 bits per heavy atom. The molecule has 0 amide bonds. The van der Waals surface area contributed by atoms with Gasteiger partial charge in [-0.05, 0) is 17.6 Å². The fourth-order valence-corrected chi connectivity index (χ4v) is 1.13. The minimum Gasteiger partial charge on any atom is -0.434 e. The van der Waals surface area contributed by atoms with Crippen molar-refractivity contribution in [3.05, 3.63) is 42.2 Å². The Kier molecular flexibility index (Phi) is 4.61. The third kappa shape index (κ3) is 5.01. The Hall–Kier alpha value is -1.57. The molecule has 0 aliphatic rings. The Balaban J connectivity index is 2.37. The van der Waals surface area contributed by atoms with Gasteiger partial charge in [-0.25, -0.2) is 0 Å². The molecule has 0 radical (unpaired) electrons. The van der Waals surface area contributed by atoms with Gasteiger partial charge in [0.1, 0.15) is 0 Å². The SMILES string of the molecule is CC(C)CC(=O)OC=Cc1ccccc1. The molecule has 0 aliphatic heterocycles. The van der Waals surface area contributed by atoms with E-state index in [1.165, 1.54) is 6.26 Å². The summed E-state index contributed by atoms with van der Waals surface area (Å²) in [5.41, 5.74) is 1.02. The highest BCUT2D eigenvalue weighted by Crippen LogP contribution is 2.04. The molecule has 1 aromatic carbocycles. The van der Waals surface area contributed by atoms with Gasteiger partial charge in [-0.3, -0.25) is 4.79 Å². The van der Waals surface area contributed by atoms with Crippen LogP contribution >= 0.6 is 0 Å². The molecule has 0 heterocycles. The van der Waals surface area contributed by atoms with Gasteiger partial charge < -0.3 is 4.74 Å². The summed E-state index contributed by atoms with van der Waals surface area (Å²) >= 11 is 0. The lowest BCUT2D eigenvalue weighted by atomic mass is 10.1. The average molecular weight is 204 g/mol. The van der Waals surface area contributed by atoms with Gasteiger partial charge in [0.05, 0.1) is 6.26 Å². The minimum absolute atomic E-state index is 0.183. The number of benzene rings is 1. The second kappa shape index (κ2) is 6.02. The fourth-order valence-electron chi connectivity index (χ4n) is 1.13. The van der Waals surface area contributed by atoms with Gasteiger partial charge in [0, 0.05) is 6.42 Å². The molecular formula is C13H16O2. The van der Waals surface area contributed by atoms with Crippen LogP contribution in [-0.4, -0.2) is 5.97 Å². The van der Waals surface area contributed by atoms with Gasteiger partial charge in [-0.1, -0.05) is 44.2 Å². The summed E-state index contributed by atoms with van der Waals surface area (Å²) in [6, 6.07) is 9.73. The molecule has 80 valence electrons. The van der Waals surface area contributed by atoms with Crippen molar-refractivity contribution in [1.29, 1.82) is 0 Å². The van der Waals surface area contributed by atoms with E-state index in [2.05, 4.69) is 0 Å². The Morgan fingerprint density at radius 1 is 1.33 bits per heavy atom. The molecule has 0 saturated heterocycles. The van der Waals surface area contributed by atoms with E-state index in [0.29, 0.717) is 12.3 Å². The lowest BCUT2D eigenvalue weighted by molar-refractivity contribution is -0.138. The summed E-state index contributed by atoms with van der Waals surface area (Å²) in [4.78, 5) is 11.2. The number of ether oxygens (including phenoxy) is 1. The van der Waals surface area contributed by atoms with E-state index >= 15 is 0 Å². The van der Waals surface area contributed by atoms with Crippen LogP contribution in [0, 0.1) is 5.92 Å². The second-order valence-electron chi connectivity index (χ2n) is 3.80. The van der Waals surface area contributed by atoms with Crippen LogP contribution in [-0.2, 0) is 9.53 Å². The molecule has 0 N–H and O–H groups in total. The molecule has 0 fully saturated rings. The summed E-state index contributed by atoms with van der Waals surface area (Å²) in [5, 5.41) is 0. The predicted molar refractivity (Wildman–Crippen MR) is 61.0 cm³/mol. The van der Waals surface area contributed by atoms with Crippen LogP contribution in [0.3, 0.4) is 0 Å². The first kappa shape index (κ1) is 11.5. The van der Waals surface area contributed by atoms with E-state index in [-0.39, 0.29) is 5.97 Å². The summed E-state index contributed by atoms with van der Waals surface area (Å²) in [6.45, 7) is 3.98. The summed E-state index contributed by atoms with van der Waals surface area (Å²) < 4.78 is 4.94. The van der Waals surface area contributed by atoms with E-state index < -0.39 is 0 Å². The maximum atomic E-state index is 11.2. The lowest BCUT2D eigenvalue weighted by Crippen LogP contribution is -2.03. The largest absolute Gasteiger partial charge is 0.434 e. The third-order valence-corrected chi connectivity index (χ3v) is 1.83. The van der Waals surface area contributed by atoms with Crippen molar-refractivity contribution < 1.29 is 9.53 Å². The summed E-state index contributed by atoms with van der Waals surface area (Å²) in [7, 11) is 0. The highest BCUT2D eigenvalue weighted by molar-refractivity contribution is 5.70. The molecule has 0 atom stereocenters. The Morgan fingerprint density at radius 2 is 2.00 bits per heavy atom. The van der Waals surface area contributed by atoms with Gasteiger partial charge in [0.2, 0.25) is 0 Å². The van der Waals surface area contributed by atoms with Gasteiger partial charge in [-0.2, -0.15) is 0 Å². The predicted octanol–water partition coefficient (Wildman–Crippen LogP) is 3.25. The summed E-state index contributed by atoms with van der Waals surface area (Å²) in [6.07, 6.45) is 3.68. The molecule has 1 aromatic rings. The van der Waals surface area contributed by atoms with Crippen LogP contribution in [0.25, 0.3) is 6.08 Å². The van der Waals surface area contributed by atoms with Crippen molar-refractivity contribution in [1.82, 2.24) is 0 Å². The van der Waals surface area contributed by atoms with Crippen LogP contribution in [0.5, 0.6) is 0 Å². The first-order chi connectivity index (χ1) is 7.18. The number of carbonyl (C=O) groups excluding carboxylic acids is 1. The average Bonchev–Trinajstić information content (AvgIpc) is 2.18. The molecule has 0 aromatic heterocycles. The van der Waals surface area contributed by atoms with Gasteiger partial charge in [-0.15, -0.1) is 0 Å². The normalized spacial score (nSPS) is 10.9. The van der Waals surface area contributed by atoms with Gasteiger partial charge in [0.25, 0.3) is 0 Å². The lowest BCUT2D eigenvalue weighted by Gasteiger charge is -2.01. The summed E-state index contributed by atoms with van der Waals surface area (Å²) in [5.74, 6) is 0.153. The second-order valence-corrected chi connectivity index (χ2v) is 3.80. The number of hydrogen-bond acceptors (Lipinski definition) is 2. The first-order valence-corrected chi connectivity index (χ1v) is 5.09. The minimum atomic E-state index is -0.183. The molecule has 0 unspecified atom stereocenters. The van der Waals surface area contributed by atoms with Crippen molar-refractivity contribution in [3.63, 3.8) is 0 Å². The fraction of sp³-hybridized carbons (Fsp3) is 0.308. The van der Waals surface area contributed by atoms with Crippen molar-refractivity contribution in [2.75, 3.05) is 0 Å². The zero-order valence-electron chi connectivity index (χ0n) is 9.14. The van der Waals surface area contributed by atoms with E-state index in [1.807, 2.05) is 44.2 Å². The van der Waals surface area contributed by atoms with E-state index in [4.69, 9.17) is 4.74 Å². The highest BCUT2D eigenvalue weighted by atomic mass is 16.5. The Labute approximate surface area is 90.6 Å². The van der Waals surface area contributed by atoms with Crippen LogP contribution in [0.1, 0.15) is 25.8 Å². The van der Waals surface area contributed by atoms with E-state index in [1.54, 1.807) is 6.08 Å². The first-order valence-electron chi connectivity index (χ1n) is 5.09. The molecule has 2 heteroatoms. The molecule has 0 bridgehead atoms. The highest BCUT2D eigenvalue weighted by Gasteiger charge is 2.03. The number of hydrogen-bond donors (Lipinski definition) is 0. The number of esters is 1. The van der Waals surface area contributed by atoms with Gasteiger partial charge in [0.15, 0.2) is 0 Å². The molecule has 15 heavy (non-hydrogen) atoms. The monoisotopic (exact) mass is 204 g/mol.